The SMILES string of the molecule is O=C(O)CC[C@H](NC(=O)N[C@@H](CCCCNC(=O)c1ccc(CNC(=O)c2ccc(CNC(=O)c3ccc(CNC(=O)c4ccc(CNC(=O)CN5CCN(CC(=O)O)CCN(CC(=O)O)CCN(CC(=O)O)CC5)cc4)cc3)cc2)cc1)C(=O)O)C(=O)O. The third-order valence-corrected chi connectivity index (χ3v) is 14.1. The molecule has 0 radical (unpaired) electrons. The van der Waals surface area contributed by atoms with Gasteiger partial charge in [-0.05, 0) is 96.5 Å². The summed E-state index contributed by atoms with van der Waals surface area (Å²) < 4.78 is 0. The Balaban J connectivity index is 0.975. The van der Waals surface area contributed by atoms with Gasteiger partial charge in [0.2, 0.25) is 5.91 Å². The number of hydrogen-bond donors (Lipinski definition) is 13. The van der Waals surface area contributed by atoms with Crippen molar-refractivity contribution in [3.8, 4) is 0 Å². The largest absolute Gasteiger partial charge is 0.481 e. The number of aliphatic carboxylic acids is 6. The molecule has 4 aromatic rings. The lowest BCUT2D eigenvalue weighted by molar-refractivity contribution is -0.141. The zero-order valence-corrected chi connectivity index (χ0v) is 48.8. The summed E-state index contributed by atoms with van der Waals surface area (Å²) in [5, 5.41) is 74.3. The first-order valence-corrected chi connectivity index (χ1v) is 28.5. The monoisotopic (exact) mass is 1240 g/mol. The van der Waals surface area contributed by atoms with Crippen molar-refractivity contribution in [2.45, 2.75) is 70.4 Å². The van der Waals surface area contributed by atoms with Crippen molar-refractivity contribution in [1.29, 1.82) is 0 Å². The quantitative estimate of drug-likeness (QED) is 0.0297. The lowest BCUT2D eigenvalue weighted by Crippen LogP contribution is -2.51. The predicted octanol–water partition coefficient (Wildman–Crippen LogP) is 0.539. The molecule has 1 heterocycles. The first kappa shape index (κ1) is 69.9. The Morgan fingerprint density at radius 1 is 0.348 bits per heavy atom. The number of amides is 7. The minimum absolute atomic E-state index is 0.0313. The Morgan fingerprint density at radius 3 is 0.944 bits per heavy atom. The lowest BCUT2D eigenvalue weighted by Gasteiger charge is -2.32. The molecule has 0 aromatic heterocycles. The third-order valence-electron chi connectivity index (χ3n) is 14.1. The van der Waals surface area contributed by atoms with E-state index in [1.807, 2.05) is 4.90 Å². The molecule has 478 valence electrons. The van der Waals surface area contributed by atoms with Gasteiger partial charge in [-0.15, -0.1) is 0 Å². The molecule has 2 atom stereocenters. The number of carboxylic acids is 6. The molecular formula is C60H75N11O18. The number of hydrogen-bond acceptors (Lipinski definition) is 16. The van der Waals surface area contributed by atoms with Crippen LogP contribution in [0.3, 0.4) is 0 Å². The summed E-state index contributed by atoms with van der Waals surface area (Å²) in [5.41, 5.74) is 4.39. The van der Waals surface area contributed by atoms with Crippen LogP contribution in [-0.2, 0) is 59.7 Å². The fourth-order valence-corrected chi connectivity index (χ4v) is 9.11. The topological polar surface area (TPSA) is 423 Å². The maximum Gasteiger partial charge on any atom is 0.326 e. The van der Waals surface area contributed by atoms with Crippen molar-refractivity contribution in [3.63, 3.8) is 0 Å². The molecule has 0 aliphatic carbocycles. The van der Waals surface area contributed by atoms with E-state index in [4.69, 9.17) is 5.11 Å². The molecule has 1 aliphatic heterocycles. The zero-order chi connectivity index (χ0) is 64.8. The molecule has 0 saturated carbocycles. The molecule has 29 nitrogen and oxygen atoms in total. The summed E-state index contributed by atoms with van der Waals surface area (Å²) in [6, 6.07) is 22.6. The van der Waals surface area contributed by atoms with Gasteiger partial charge in [-0.25, -0.2) is 14.4 Å². The zero-order valence-electron chi connectivity index (χ0n) is 48.8. The summed E-state index contributed by atoms with van der Waals surface area (Å²) in [6.07, 6.45) is -0.318. The second-order valence-electron chi connectivity index (χ2n) is 21.0. The van der Waals surface area contributed by atoms with Gasteiger partial charge in [0.15, 0.2) is 0 Å². The summed E-state index contributed by atoms with van der Waals surface area (Å²) in [7, 11) is 0. The van der Waals surface area contributed by atoms with E-state index < -0.39 is 72.7 Å². The van der Waals surface area contributed by atoms with Crippen LogP contribution in [0.15, 0.2) is 97.1 Å². The summed E-state index contributed by atoms with van der Waals surface area (Å²) in [4.78, 5) is 152. The van der Waals surface area contributed by atoms with Crippen LogP contribution in [0.4, 0.5) is 4.79 Å². The fraction of sp³-hybridized carbons (Fsp3) is 0.400. The van der Waals surface area contributed by atoms with Crippen molar-refractivity contribution in [2.24, 2.45) is 0 Å². The molecule has 1 aliphatic rings. The Bertz CT molecular complexity index is 3060. The van der Waals surface area contributed by atoms with Gasteiger partial charge in [0.05, 0.1) is 26.2 Å². The average Bonchev–Trinajstić information content (AvgIpc) is 3.61. The van der Waals surface area contributed by atoms with E-state index in [1.165, 1.54) is 0 Å². The molecule has 1 saturated heterocycles. The highest BCUT2D eigenvalue weighted by Gasteiger charge is 2.26. The number of urea groups is 1. The minimum Gasteiger partial charge on any atom is -0.481 e. The van der Waals surface area contributed by atoms with Gasteiger partial charge in [-0.3, -0.25) is 62.8 Å². The first-order valence-electron chi connectivity index (χ1n) is 28.5. The van der Waals surface area contributed by atoms with Crippen LogP contribution in [0, 0.1) is 0 Å². The van der Waals surface area contributed by atoms with Crippen LogP contribution in [-0.4, -0.2) is 219 Å². The molecule has 0 bridgehead atoms. The van der Waals surface area contributed by atoms with Crippen molar-refractivity contribution in [2.75, 3.05) is 85.1 Å². The van der Waals surface area contributed by atoms with Crippen LogP contribution in [0.2, 0.25) is 0 Å². The maximum absolute atomic E-state index is 13.2. The number of unbranched alkanes of at least 4 members (excludes halogenated alkanes) is 1. The highest BCUT2D eigenvalue weighted by atomic mass is 16.4. The first-order chi connectivity index (χ1) is 42.5. The summed E-state index contributed by atoms with van der Waals surface area (Å²) >= 11 is 0. The van der Waals surface area contributed by atoms with Crippen molar-refractivity contribution < 1.29 is 88.2 Å². The van der Waals surface area contributed by atoms with Crippen LogP contribution < -0.4 is 37.2 Å². The summed E-state index contributed by atoms with van der Waals surface area (Å²) in [6.45, 7) is 2.09. The Labute approximate surface area is 511 Å². The second-order valence-corrected chi connectivity index (χ2v) is 21.0. The number of nitrogens with zero attached hydrogens (tertiary/aromatic N) is 4. The maximum atomic E-state index is 13.2. The second kappa shape index (κ2) is 36.3. The highest BCUT2D eigenvalue weighted by molar-refractivity contribution is 5.96. The molecule has 0 spiro atoms. The van der Waals surface area contributed by atoms with E-state index in [0.717, 1.165) is 16.7 Å². The molecule has 0 unspecified atom stereocenters. The molecule has 5 rings (SSSR count). The smallest absolute Gasteiger partial charge is 0.326 e. The number of carboxylic acid groups (broad SMARTS) is 6. The molecule has 1 fully saturated rings. The third kappa shape index (κ3) is 26.4. The predicted molar refractivity (Wildman–Crippen MR) is 317 cm³/mol. The normalized spacial score (nSPS) is 14.2. The molecule has 13 N–H and O–H groups in total. The Hall–Kier alpha value is -9.84. The van der Waals surface area contributed by atoms with E-state index in [1.54, 1.807) is 112 Å². The van der Waals surface area contributed by atoms with Crippen LogP contribution in [0.1, 0.15) is 95.8 Å². The van der Waals surface area contributed by atoms with Gasteiger partial charge in [-0.1, -0.05) is 48.5 Å². The Morgan fingerprint density at radius 2 is 0.640 bits per heavy atom. The standard InChI is InChI=1S/C60H75N11O18/c72-49(35-68-23-25-69(36-51(75)76)27-29-71(38-53(79)80)30-28-70(26-24-68)37-52(77)78)62-31-39-4-14-44(15-5-39)55(82)64-33-41-8-18-46(19-9-41)57(84)65-34-42-10-16-45(17-11-42)56(83)63-32-40-6-12-43(13-7-40)54(81)61-22-2-1-3-47(58(85)86)66-60(89)67-48(59(87)88)20-21-50(73)74/h4-19,47-48H,1-3,20-38H2,(H,61,81)(H,62,72)(H,63,83)(H,64,82)(H,65,84)(H,73,74)(H,75,76)(H,77,78)(H,79,80)(H,85,86)(H,87,88)(H2,66,67,89)/t47-,48-/m0/s1. The van der Waals surface area contributed by atoms with Gasteiger partial charge >= 0.3 is 41.8 Å². The van der Waals surface area contributed by atoms with Gasteiger partial charge in [0.1, 0.15) is 12.1 Å². The molecular weight excluding hydrogens is 1160 g/mol. The van der Waals surface area contributed by atoms with Gasteiger partial charge in [-0.2, -0.15) is 0 Å². The Kier molecular flexibility index (Phi) is 28.6. The number of carbonyl (C=O) groups excluding carboxylic acids is 6. The molecule has 7 amide bonds. The van der Waals surface area contributed by atoms with Crippen LogP contribution in [0.25, 0.3) is 0 Å². The van der Waals surface area contributed by atoms with E-state index in [0.29, 0.717) is 47.3 Å². The van der Waals surface area contributed by atoms with Crippen molar-refractivity contribution >= 4 is 71.4 Å². The molecule has 29 heteroatoms. The fourth-order valence-electron chi connectivity index (χ4n) is 9.11. The van der Waals surface area contributed by atoms with E-state index in [-0.39, 0.29) is 135 Å². The average molecular weight is 1240 g/mol. The highest BCUT2D eigenvalue weighted by Crippen LogP contribution is 2.12. The lowest BCUT2D eigenvalue weighted by atomic mass is 10.1. The minimum atomic E-state index is -1.53. The van der Waals surface area contributed by atoms with Gasteiger partial charge < -0.3 is 67.9 Å². The number of nitrogens with one attached hydrogen (secondary N) is 7. The molecule has 4 aromatic carbocycles. The van der Waals surface area contributed by atoms with Gasteiger partial charge in [0, 0.05) is 114 Å². The van der Waals surface area contributed by atoms with Crippen molar-refractivity contribution in [3.05, 3.63) is 142 Å². The van der Waals surface area contributed by atoms with Crippen molar-refractivity contribution in [1.82, 2.24) is 56.8 Å². The summed E-state index contributed by atoms with van der Waals surface area (Å²) in [5.74, 6) is -9.00. The van der Waals surface area contributed by atoms with Crippen LogP contribution in [0.5, 0.6) is 0 Å². The number of rotatable bonds is 32. The van der Waals surface area contributed by atoms with Gasteiger partial charge in [0.25, 0.3) is 23.6 Å². The van der Waals surface area contributed by atoms with E-state index in [2.05, 4.69) is 37.2 Å². The number of carbonyl (C=O) groups is 12. The van der Waals surface area contributed by atoms with E-state index >= 15 is 0 Å². The number of benzene rings is 4. The van der Waals surface area contributed by atoms with E-state index in [9.17, 15) is 83.1 Å². The molecule has 89 heavy (non-hydrogen) atoms. The van der Waals surface area contributed by atoms with Crippen LogP contribution >= 0.6 is 0 Å².